The molecule has 1 aromatic carbocycles. The second-order valence-electron chi connectivity index (χ2n) is 6.72. The van der Waals surface area contributed by atoms with Crippen LogP contribution in [0.25, 0.3) is 0 Å². The normalized spacial score (nSPS) is 18.0. The number of likely N-dealkylation sites (tertiary alicyclic amines) is 1. The Morgan fingerprint density at radius 3 is 2.69 bits per heavy atom. The van der Waals surface area contributed by atoms with Crippen LogP contribution < -0.4 is 0 Å². The second-order valence-corrected chi connectivity index (χ2v) is 7.16. The van der Waals surface area contributed by atoms with Crippen molar-refractivity contribution in [2.45, 2.75) is 39.3 Å². The Labute approximate surface area is 159 Å². The highest BCUT2D eigenvalue weighted by molar-refractivity contribution is 6.30. The average Bonchev–Trinajstić information content (AvgIpc) is 3.15. The van der Waals surface area contributed by atoms with Crippen LogP contribution in [0.2, 0.25) is 5.02 Å². The van der Waals surface area contributed by atoms with Gasteiger partial charge in [0, 0.05) is 31.2 Å². The Kier molecular flexibility index (Phi) is 6.27. The highest BCUT2D eigenvalue weighted by atomic mass is 35.5. The summed E-state index contributed by atoms with van der Waals surface area (Å²) in [5, 5.41) is 9.12. The number of carbonyl (C=O) groups excluding carboxylic acids is 1. The lowest BCUT2D eigenvalue weighted by Gasteiger charge is -2.32. The van der Waals surface area contributed by atoms with Gasteiger partial charge in [0.15, 0.2) is 5.69 Å². The summed E-state index contributed by atoms with van der Waals surface area (Å²) >= 11 is 5.97. The maximum atomic E-state index is 12.4. The van der Waals surface area contributed by atoms with Crippen molar-refractivity contribution < 1.29 is 4.79 Å². The molecule has 3 rings (SSSR count). The minimum absolute atomic E-state index is 0.0462. The molecule has 0 bridgehead atoms. The first-order valence-corrected chi connectivity index (χ1v) is 9.66. The van der Waals surface area contributed by atoms with Crippen LogP contribution in [0.1, 0.15) is 48.8 Å². The lowest BCUT2D eigenvalue weighted by molar-refractivity contribution is 0.0767. The Bertz CT molecular complexity index is 726. The number of rotatable bonds is 6. The summed E-state index contributed by atoms with van der Waals surface area (Å²) in [7, 11) is 0. The molecule has 0 aliphatic carbocycles. The number of piperidine rings is 1. The standard InChI is InChI=1S/C19H26ClN5O/c1-3-24(4-2)19(26)18-14-25(22-21-18)17-6-5-11-23(13-17)12-15-7-9-16(20)10-8-15/h7-10,14,17H,3-6,11-13H2,1-2H3/t17-/m0/s1. The van der Waals surface area contributed by atoms with E-state index in [1.54, 1.807) is 11.1 Å². The van der Waals surface area contributed by atoms with Crippen LogP contribution in [-0.4, -0.2) is 56.9 Å². The maximum Gasteiger partial charge on any atom is 0.276 e. The Hall–Kier alpha value is -1.92. The molecule has 1 atom stereocenters. The van der Waals surface area contributed by atoms with Gasteiger partial charge in [0.1, 0.15) is 0 Å². The maximum absolute atomic E-state index is 12.4. The molecule has 0 spiro atoms. The zero-order valence-electron chi connectivity index (χ0n) is 15.4. The van der Waals surface area contributed by atoms with Gasteiger partial charge < -0.3 is 4.90 Å². The highest BCUT2D eigenvalue weighted by Crippen LogP contribution is 2.23. The van der Waals surface area contributed by atoms with Gasteiger partial charge in [0.05, 0.1) is 12.2 Å². The van der Waals surface area contributed by atoms with Crippen LogP contribution in [-0.2, 0) is 6.54 Å². The molecule has 1 aliphatic heterocycles. The number of halogens is 1. The number of hydrogen-bond donors (Lipinski definition) is 0. The van der Waals surface area contributed by atoms with Crippen molar-refractivity contribution in [1.29, 1.82) is 0 Å². The molecular weight excluding hydrogens is 350 g/mol. The average molecular weight is 376 g/mol. The van der Waals surface area contributed by atoms with Crippen LogP contribution in [0.15, 0.2) is 30.5 Å². The van der Waals surface area contributed by atoms with Crippen molar-refractivity contribution >= 4 is 17.5 Å². The molecule has 0 N–H and O–H groups in total. The van der Waals surface area contributed by atoms with E-state index in [9.17, 15) is 4.79 Å². The predicted molar refractivity (Wildman–Crippen MR) is 102 cm³/mol. The van der Waals surface area contributed by atoms with Crippen molar-refractivity contribution in [3.05, 3.63) is 46.7 Å². The molecule has 6 nitrogen and oxygen atoms in total. The zero-order chi connectivity index (χ0) is 18.5. The molecule has 1 aromatic heterocycles. The van der Waals surface area contributed by atoms with Gasteiger partial charge >= 0.3 is 0 Å². The Morgan fingerprint density at radius 1 is 1.27 bits per heavy atom. The monoisotopic (exact) mass is 375 g/mol. The van der Waals surface area contributed by atoms with E-state index in [1.807, 2.05) is 30.7 Å². The molecule has 7 heteroatoms. The van der Waals surface area contributed by atoms with Gasteiger partial charge in [-0.15, -0.1) is 5.10 Å². The van der Waals surface area contributed by atoms with Gasteiger partial charge in [-0.2, -0.15) is 0 Å². The molecule has 1 fully saturated rings. The van der Waals surface area contributed by atoms with Crippen molar-refractivity contribution in [3.63, 3.8) is 0 Å². The first-order chi connectivity index (χ1) is 12.6. The molecular formula is C19H26ClN5O. The van der Waals surface area contributed by atoms with Crippen LogP contribution >= 0.6 is 11.6 Å². The number of amides is 1. The molecule has 0 radical (unpaired) electrons. The topological polar surface area (TPSA) is 54.3 Å². The number of hydrogen-bond acceptors (Lipinski definition) is 4. The highest BCUT2D eigenvalue weighted by Gasteiger charge is 2.24. The largest absolute Gasteiger partial charge is 0.338 e. The van der Waals surface area contributed by atoms with Gasteiger partial charge in [-0.25, -0.2) is 4.68 Å². The van der Waals surface area contributed by atoms with Crippen LogP contribution in [0.3, 0.4) is 0 Å². The third-order valence-corrected chi connectivity index (χ3v) is 5.21. The van der Waals surface area contributed by atoms with E-state index in [-0.39, 0.29) is 11.9 Å². The number of aromatic nitrogens is 3. The van der Waals surface area contributed by atoms with E-state index in [0.29, 0.717) is 18.8 Å². The van der Waals surface area contributed by atoms with E-state index in [0.717, 1.165) is 37.5 Å². The molecule has 0 saturated carbocycles. The zero-order valence-corrected chi connectivity index (χ0v) is 16.2. The van der Waals surface area contributed by atoms with E-state index in [2.05, 4.69) is 27.3 Å². The van der Waals surface area contributed by atoms with Crippen LogP contribution in [0.4, 0.5) is 0 Å². The minimum Gasteiger partial charge on any atom is -0.338 e. The van der Waals surface area contributed by atoms with E-state index >= 15 is 0 Å². The van der Waals surface area contributed by atoms with E-state index in [4.69, 9.17) is 11.6 Å². The molecule has 2 heterocycles. The van der Waals surface area contributed by atoms with E-state index in [1.165, 1.54) is 5.56 Å². The third-order valence-electron chi connectivity index (χ3n) is 4.95. The lowest BCUT2D eigenvalue weighted by Crippen LogP contribution is -2.36. The van der Waals surface area contributed by atoms with Crippen molar-refractivity contribution in [2.24, 2.45) is 0 Å². The summed E-state index contributed by atoms with van der Waals surface area (Å²) in [5.74, 6) is -0.0462. The fraction of sp³-hybridized carbons (Fsp3) is 0.526. The first kappa shape index (κ1) is 18.9. The van der Waals surface area contributed by atoms with Crippen molar-refractivity contribution in [3.8, 4) is 0 Å². The van der Waals surface area contributed by atoms with Gasteiger partial charge in [-0.05, 0) is 50.9 Å². The second kappa shape index (κ2) is 8.64. The molecule has 140 valence electrons. The van der Waals surface area contributed by atoms with Gasteiger partial charge in [-0.1, -0.05) is 28.9 Å². The third kappa shape index (κ3) is 4.43. The molecule has 1 amide bonds. The molecule has 1 saturated heterocycles. The van der Waals surface area contributed by atoms with Gasteiger partial charge in [0.2, 0.25) is 0 Å². The fourth-order valence-electron chi connectivity index (χ4n) is 3.46. The number of benzene rings is 1. The van der Waals surface area contributed by atoms with Crippen molar-refractivity contribution in [1.82, 2.24) is 24.8 Å². The van der Waals surface area contributed by atoms with E-state index < -0.39 is 0 Å². The van der Waals surface area contributed by atoms with Gasteiger partial charge in [-0.3, -0.25) is 9.69 Å². The Balaban J connectivity index is 1.64. The summed E-state index contributed by atoms with van der Waals surface area (Å²) in [6.07, 6.45) is 3.97. The summed E-state index contributed by atoms with van der Waals surface area (Å²) in [6.45, 7) is 8.18. The van der Waals surface area contributed by atoms with Crippen LogP contribution in [0.5, 0.6) is 0 Å². The lowest BCUT2D eigenvalue weighted by atomic mass is 10.0. The number of carbonyl (C=O) groups is 1. The number of nitrogens with zero attached hydrogens (tertiary/aromatic N) is 5. The van der Waals surface area contributed by atoms with Crippen LogP contribution in [0, 0.1) is 0 Å². The quantitative estimate of drug-likeness (QED) is 0.777. The molecule has 26 heavy (non-hydrogen) atoms. The fourth-order valence-corrected chi connectivity index (χ4v) is 3.59. The summed E-state index contributed by atoms with van der Waals surface area (Å²) < 4.78 is 1.87. The SMILES string of the molecule is CCN(CC)C(=O)c1cn([C@H]2CCCN(Cc3ccc(Cl)cc3)C2)nn1. The first-order valence-electron chi connectivity index (χ1n) is 9.28. The molecule has 2 aromatic rings. The predicted octanol–water partition coefficient (Wildman–Crippen LogP) is 3.25. The summed E-state index contributed by atoms with van der Waals surface area (Å²) in [5.41, 5.74) is 1.69. The minimum atomic E-state index is -0.0462. The van der Waals surface area contributed by atoms with Gasteiger partial charge in [0.25, 0.3) is 5.91 Å². The summed E-state index contributed by atoms with van der Waals surface area (Å²) in [4.78, 5) is 16.6. The van der Waals surface area contributed by atoms with Crippen molar-refractivity contribution in [2.75, 3.05) is 26.2 Å². The Morgan fingerprint density at radius 2 is 2.00 bits per heavy atom. The molecule has 1 aliphatic rings. The molecule has 0 unspecified atom stereocenters. The smallest absolute Gasteiger partial charge is 0.276 e. The summed E-state index contributed by atoms with van der Waals surface area (Å²) in [6, 6.07) is 8.26.